The van der Waals surface area contributed by atoms with Crippen LogP contribution in [0.4, 0.5) is 0 Å². The summed E-state index contributed by atoms with van der Waals surface area (Å²) in [5.74, 6) is -0.302. The molecule has 3 nitrogen and oxygen atoms in total. The van der Waals surface area contributed by atoms with E-state index < -0.39 is 5.97 Å². The van der Waals surface area contributed by atoms with Gasteiger partial charge in [-0.3, -0.25) is 0 Å². The van der Waals surface area contributed by atoms with Gasteiger partial charge in [0, 0.05) is 12.7 Å². The van der Waals surface area contributed by atoms with E-state index in [-0.39, 0.29) is 0 Å². The molecule has 1 aliphatic rings. The van der Waals surface area contributed by atoms with Gasteiger partial charge in [0.2, 0.25) is 0 Å². The fraction of sp³-hybridized carbons (Fsp3) is 0.500. The third-order valence-corrected chi connectivity index (χ3v) is 2.72. The average molecular weight is 179 g/mol. The van der Waals surface area contributed by atoms with Crippen molar-refractivity contribution in [1.29, 1.82) is 0 Å². The van der Waals surface area contributed by atoms with Crippen molar-refractivity contribution in [2.75, 3.05) is 0 Å². The van der Waals surface area contributed by atoms with Crippen LogP contribution in [0.25, 0.3) is 0 Å². The van der Waals surface area contributed by atoms with Crippen molar-refractivity contribution in [3.05, 3.63) is 23.0 Å². The van der Waals surface area contributed by atoms with E-state index in [9.17, 15) is 4.79 Å². The number of aryl methyl sites for hydroxylation is 1. The van der Waals surface area contributed by atoms with Gasteiger partial charge in [-0.25, -0.2) is 4.79 Å². The Kier molecular flexibility index (Phi) is 1.68. The SMILES string of the molecule is Cc1cc(C2CC2)c(C(=O)O)n1C. The highest BCUT2D eigenvalue weighted by molar-refractivity contribution is 5.88. The molecule has 0 unspecified atom stereocenters. The Morgan fingerprint density at radius 2 is 2.23 bits per heavy atom. The molecule has 0 saturated heterocycles. The van der Waals surface area contributed by atoms with Crippen molar-refractivity contribution >= 4 is 5.97 Å². The zero-order chi connectivity index (χ0) is 9.59. The van der Waals surface area contributed by atoms with Crippen LogP contribution in [0.3, 0.4) is 0 Å². The molecule has 70 valence electrons. The van der Waals surface area contributed by atoms with Crippen molar-refractivity contribution in [3.63, 3.8) is 0 Å². The molecule has 0 aliphatic heterocycles. The zero-order valence-corrected chi connectivity index (χ0v) is 7.87. The largest absolute Gasteiger partial charge is 0.477 e. The molecule has 1 N–H and O–H groups in total. The van der Waals surface area contributed by atoms with Gasteiger partial charge < -0.3 is 9.67 Å². The molecule has 0 spiro atoms. The lowest BCUT2D eigenvalue weighted by Crippen LogP contribution is -2.07. The Morgan fingerprint density at radius 3 is 2.69 bits per heavy atom. The predicted octanol–water partition coefficient (Wildman–Crippen LogP) is 1.91. The van der Waals surface area contributed by atoms with Crippen LogP contribution in [0.2, 0.25) is 0 Å². The summed E-state index contributed by atoms with van der Waals surface area (Å²) >= 11 is 0. The van der Waals surface area contributed by atoms with Crippen molar-refractivity contribution in [2.45, 2.75) is 25.7 Å². The number of nitrogens with zero attached hydrogens (tertiary/aromatic N) is 1. The fourth-order valence-electron chi connectivity index (χ4n) is 1.73. The van der Waals surface area contributed by atoms with E-state index in [1.807, 2.05) is 20.0 Å². The number of hydrogen-bond donors (Lipinski definition) is 1. The minimum Gasteiger partial charge on any atom is -0.477 e. The van der Waals surface area contributed by atoms with Gasteiger partial charge in [-0.15, -0.1) is 0 Å². The first-order chi connectivity index (χ1) is 6.11. The summed E-state index contributed by atoms with van der Waals surface area (Å²) in [6.07, 6.45) is 2.29. The summed E-state index contributed by atoms with van der Waals surface area (Å²) in [6.45, 7) is 1.94. The predicted molar refractivity (Wildman–Crippen MR) is 49.1 cm³/mol. The first kappa shape index (κ1) is 8.35. The van der Waals surface area contributed by atoms with Crippen LogP contribution < -0.4 is 0 Å². The number of carboxylic acids is 1. The van der Waals surface area contributed by atoms with E-state index in [0.29, 0.717) is 11.6 Å². The number of hydrogen-bond acceptors (Lipinski definition) is 1. The second-order valence-corrected chi connectivity index (χ2v) is 3.73. The Labute approximate surface area is 77.0 Å². The second-order valence-electron chi connectivity index (χ2n) is 3.73. The first-order valence-corrected chi connectivity index (χ1v) is 4.50. The smallest absolute Gasteiger partial charge is 0.352 e. The molecule has 1 saturated carbocycles. The van der Waals surface area contributed by atoms with Gasteiger partial charge in [-0.05, 0) is 37.3 Å². The number of carbonyl (C=O) groups is 1. The van der Waals surface area contributed by atoms with E-state index in [4.69, 9.17) is 5.11 Å². The standard InChI is InChI=1S/C10H13NO2/c1-6-5-8(7-3-4-7)9(10(12)13)11(6)2/h5,7H,3-4H2,1-2H3,(H,12,13). The van der Waals surface area contributed by atoms with Crippen LogP contribution in [0, 0.1) is 6.92 Å². The highest BCUT2D eigenvalue weighted by Gasteiger charge is 2.30. The molecule has 0 aromatic carbocycles. The molecule has 0 amide bonds. The van der Waals surface area contributed by atoms with Crippen LogP contribution >= 0.6 is 0 Å². The van der Waals surface area contributed by atoms with Crippen LogP contribution in [-0.2, 0) is 7.05 Å². The highest BCUT2D eigenvalue weighted by atomic mass is 16.4. The summed E-state index contributed by atoms with van der Waals surface area (Å²) in [4.78, 5) is 11.0. The van der Waals surface area contributed by atoms with Crippen molar-refractivity contribution in [2.24, 2.45) is 7.05 Å². The Hall–Kier alpha value is -1.25. The Morgan fingerprint density at radius 1 is 1.62 bits per heavy atom. The van der Waals surface area contributed by atoms with E-state index >= 15 is 0 Å². The third-order valence-electron chi connectivity index (χ3n) is 2.72. The van der Waals surface area contributed by atoms with E-state index in [0.717, 1.165) is 24.1 Å². The van der Waals surface area contributed by atoms with Gasteiger partial charge in [0.1, 0.15) is 5.69 Å². The van der Waals surface area contributed by atoms with E-state index in [1.165, 1.54) is 0 Å². The lowest BCUT2D eigenvalue weighted by Gasteiger charge is -2.01. The molecule has 2 rings (SSSR count). The molecule has 1 aromatic rings. The normalized spacial score (nSPS) is 16.2. The summed E-state index contributed by atoms with van der Waals surface area (Å²) < 4.78 is 1.76. The highest BCUT2D eigenvalue weighted by Crippen LogP contribution is 2.42. The average Bonchev–Trinajstić information content (AvgIpc) is 2.80. The summed E-state index contributed by atoms with van der Waals surface area (Å²) in [6, 6.07) is 2.00. The zero-order valence-electron chi connectivity index (χ0n) is 7.87. The monoisotopic (exact) mass is 179 g/mol. The maximum Gasteiger partial charge on any atom is 0.352 e. The van der Waals surface area contributed by atoms with Crippen molar-refractivity contribution in [3.8, 4) is 0 Å². The number of aromatic carboxylic acids is 1. The van der Waals surface area contributed by atoms with E-state index in [2.05, 4.69) is 0 Å². The molecule has 1 aliphatic carbocycles. The molecule has 0 radical (unpaired) electrons. The fourth-order valence-corrected chi connectivity index (χ4v) is 1.73. The summed E-state index contributed by atoms with van der Waals surface area (Å²) in [5, 5.41) is 9.02. The molecule has 1 aromatic heterocycles. The number of aromatic nitrogens is 1. The molecular formula is C10H13NO2. The maximum absolute atomic E-state index is 11.0. The van der Waals surface area contributed by atoms with Crippen molar-refractivity contribution < 1.29 is 9.90 Å². The molecule has 0 atom stereocenters. The Bertz CT molecular complexity index is 361. The first-order valence-electron chi connectivity index (χ1n) is 4.50. The minimum absolute atomic E-state index is 0.472. The second kappa shape index (κ2) is 2.62. The lowest BCUT2D eigenvalue weighted by molar-refractivity contribution is 0.0685. The van der Waals surface area contributed by atoms with Gasteiger partial charge in [0.15, 0.2) is 0 Å². The molecule has 1 heterocycles. The minimum atomic E-state index is -0.808. The van der Waals surface area contributed by atoms with Crippen LogP contribution in [0.1, 0.15) is 40.5 Å². The van der Waals surface area contributed by atoms with Gasteiger partial charge in [-0.2, -0.15) is 0 Å². The van der Waals surface area contributed by atoms with Crippen molar-refractivity contribution in [1.82, 2.24) is 4.57 Å². The quantitative estimate of drug-likeness (QED) is 0.753. The van der Waals surface area contributed by atoms with E-state index in [1.54, 1.807) is 4.57 Å². The molecular weight excluding hydrogens is 166 g/mol. The molecule has 13 heavy (non-hydrogen) atoms. The lowest BCUT2D eigenvalue weighted by atomic mass is 10.1. The molecule has 3 heteroatoms. The maximum atomic E-state index is 11.0. The topological polar surface area (TPSA) is 42.2 Å². The molecule has 1 fully saturated rings. The van der Waals surface area contributed by atoms with Crippen LogP contribution in [-0.4, -0.2) is 15.6 Å². The third kappa shape index (κ3) is 1.24. The number of rotatable bonds is 2. The summed E-state index contributed by atoms with van der Waals surface area (Å²) in [5.41, 5.74) is 2.52. The molecule has 0 bridgehead atoms. The van der Waals surface area contributed by atoms with Gasteiger partial charge >= 0.3 is 5.97 Å². The summed E-state index contributed by atoms with van der Waals surface area (Å²) in [7, 11) is 1.81. The van der Waals surface area contributed by atoms with Crippen LogP contribution in [0.15, 0.2) is 6.07 Å². The van der Waals surface area contributed by atoms with Gasteiger partial charge in [0.25, 0.3) is 0 Å². The number of carboxylic acid groups (broad SMARTS) is 1. The van der Waals surface area contributed by atoms with Crippen LogP contribution in [0.5, 0.6) is 0 Å². The Balaban J connectivity index is 2.54. The van der Waals surface area contributed by atoms with Gasteiger partial charge in [-0.1, -0.05) is 0 Å². The van der Waals surface area contributed by atoms with Gasteiger partial charge in [0.05, 0.1) is 0 Å².